The van der Waals surface area contributed by atoms with Crippen molar-refractivity contribution < 1.29 is 18.0 Å². The Morgan fingerprint density at radius 2 is 2.17 bits per heavy atom. The first kappa shape index (κ1) is 8.70. The van der Waals surface area contributed by atoms with E-state index in [0.717, 1.165) is 6.07 Å². The number of alkyl halides is 2. The van der Waals surface area contributed by atoms with Gasteiger partial charge in [-0.1, -0.05) is 0 Å². The number of pyridine rings is 1. The van der Waals surface area contributed by atoms with Gasteiger partial charge >= 0.3 is 0 Å². The summed E-state index contributed by atoms with van der Waals surface area (Å²) < 4.78 is 36.3. The van der Waals surface area contributed by atoms with Gasteiger partial charge in [-0.3, -0.25) is 4.79 Å². The molecule has 1 heterocycles. The molecule has 1 rings (SSSR count). The highest BCUT2D eigenvalue weighted by molar-refractivity contribution is 5.74. The van der Waals surface area contributed by atoms with Crippen LogP contribution in [0.15, 0.2) is 12.3 Å². The van der Waals surface area contributed by atoms with Crippen LogP contribution in [-0.4, -0.2) is 11.3 Å². The minimum absolute atomic E-state index is 0.147. The zero-order valence-corrected chi connectivity index (χ0v) is 5.80. The summed E-state index contributed by atoms with van der Waals surface area (Å²) in [5.41, 5.74) is -0.911. The maximum absolute atomic E-state index is 12.4. The Bertz CT molecular complexity index is 301. The lowest BCUT2D eigenvalue weighted by Crippen LogP contribution is -1.95. The molecule has 5 heteroatoms. The molecule has 0 amide bonds. The van der Waals surface area contributed by atoms with Crippen LogP contribution in [0.1, 0.15) is 22.3 Å². The predicted molar refractivity (Wildman–Crippen MR) is 34.5 cm³/mol. The number of aldehydes is 1. The molecule has 0 saturated heterocycles. The summed E-state index contributed by atoms with van der Waals surface area (Å²) in [6.45, 7) is 0. The fourth-order valence-corrected chi connectivity index (χ4v) is 0.684. The van der Waals surface area contributed by atoms with Crippen LogP contribution in [0.3, 0.4) is 0 Å². The molecule has 0 unspecified atom stereocenters. The molecular weight excluding hydrogens is 171 g/mol. The van der Waals surface area contributed by atoms with E-state index in [4.69, 9.17) is 0 Å². The van der Waals surface area contributed by atoms with Crippen LogP contribution in [0.25, 0.3) is 0 Å². The SMILES string of the molecule is O=Cc1cc(C(F)F)cnc1F. The summed E-state index contributed by atoms with van der Waals surface area (Å²) >= 11 is 0. The molecule has 1 aromatic heterocycles. The molecule has 64 valence electrons. The van der Waals surface area contributed by atoms with Gasteiger partial charge in [0.15, 0.2) is 6.29 Å². The molecule has 2 nitrogen and oxygen atoms in total. The van der Waals surface area contributed by atoms with E-state index in [9.17, 15) is 18.0 Å². The van der Waals surface area contributed by atoms with E-state index in [0.29, 0.717) is 6.20 Å². The van der Waals surface area contributed by atoms with Crippen LogP contribution in [-0.2, 0) is 0 Å². The lowest BCUT2D eigenvalue weighted by atomic mass is 10.2. The second-order valence-corrected chi connectivity index (χ2v) is 2.07. The van der Waals surface area contributed by atoms with Gasteiger partial charge < -0.3 is 0 Å². The van der Waals surface area contributed by atoms with Gasteiger partial charge in [-0.05, 0) is 6.07 Å². The van der Waals surface area contributed by atoms with Crippen molar-refractivity contribution in [3.63, 3.8) is 0 Å². The van der Waals surface area contributed by atoms with E-state index < -0.39 is 23.5 Å². The Morgan fingerprint density at radius 3 is 2.67 bits per heavy atom. The van der Waals surface area contributed by atoms with E-state index in [1.54, 1.807) is 0 Å². The van der Waals surface area contributed by atoms with Crippen LogP contribution in [0, 0.1) is 5.95 Å². The third-order valence-electron chi connectivity index (χ3n) is 1.27. The smallest absolute Gasteiger partial charge is 0.265 e. The third kappa shape index (κ3) is 1.61. The van der Waals surface area contributed by atoms with Gasteiger partial charge in [0.1, 0.15) is 0 Å². The van der Waals surface area contributed by atoms with Crippen molar-refractivity contribution in [1.29, 1.82) is 0 Å². The van der Waals surface area contributed by atoms with Crippen LogP contribution in [0.2, 0.25) is 0 Å². The summed E-state index contributed by atoms with van der Waals surface area (Å²) in [4.78, 5) is 13.1. The Hall–Kier alpha value is -1.39. The van der Waals surface area contributed by atoms with Crippen molar-refractivity contribution in [3.05, 3.63) is 29.3 Å². The number of carbonyl (C=O) groups excluding carboxylic acids is 1. The largest absolute Gasteiger partial charge is 0.298 e. The number of halogens is 3. The standard InChI is InChI=1S/C7H4F3NO/c8-6(9)4-1-5(3-12)7(10)11-2-4/h1-3,6H. The third-order valence-corrected chi connectivity index (χ3v) is 1.27. The number of hydrogen-bond donors (Lipinski definition) is 0. The topological polar surface area (TPSA) is 30.0 Å². The average Bonchev–Trinajstić information content (AvgIpc) is 2.05. The van der Waals surface area contributed by atoms with E-state index in [1.165, 1.54) is 0 Å². The second-order valence-electron chi connectivity index (χ2n) is 2.07. The molecule has 0 aliphatic rings. The molecule has 0 atom stereocenters. The van der Waals surface area contributed by atoms with Gasteiger partial charge in [0, 0.05) is 11.8 Å². The number of aromatic nitrogens is 1. The van der Waals surface area contributed by atoms with E-state index in [2.05, 4.69) is 4.98 Å². The van der Waals surface area contributed by atoms with Gasteiger partial charge in [-0.25, -0.2) is 13.8 Å². The van der Waals surface area contributed by atoms with E-state index >= 15 is 0 Å². The predicted octanol–water partition coefficient (Wildman–Crippen LogP) is 1.97. The molecule has 0 aliphatic heterocycles. The second kappa shape index (κ2) is 3.34. The van der Waals surface area contributed by atoms with Crippen molar-refractivity contribution in [2.75, 3.05) is 0 Å². The van der Waals surface area contributed by atoms with Gasteiger partial charge in [-0.2, -0.15) is 4.39 Å². The van der Waals surface area contributed by atoms with Gasteiger partial charge in [0.25, 0.3) is 6.43 Å². The number of nitrogens with zero attached hydrogens (tertiary/aromatic N) is 1. The molecule has 0 fully saturated rings. The highest BCUT2D eigenvalue weighted by Crippen LogP contribution is 2.18. The fourth-order valence-electron chi connectivity index (χ4n) is 0.684. The molecule has 0 bridgehead atoms. The number of rotatable bonds is 2. The first-order valence-corrected chi connectivity index (χ1v) is 3.04. The van der Waals surface area contributed by atoms with Gasteiger partial charge in [-0.15, -0.1) is 0 Å². The Kier molecular flexibility index (Phi) is 2.42. The molecule has 1 aromatic rings. The van der Waals surface area contributed by atoms with Crippen LogP contribution in [0.5, 0.6) is 0 Å². The quantitative estimate of drug-likeness (QED) is 0.508. The van der Waals surface area contributed by atoms with Crippen LogP contribution in [0.4, 0.5) is 13.2 Å². The molecule has 0 radical (unpaired) electrons. The molecular formula is C7H4F3NO. The monoisotopic (exact) mass is 175 g/mol. The lowest BCUT2D eigenvalue weighted by Gasteiger charge is -1.99. The summed E-state index contributed by atoms with van der Waals surface area (Å²) in [5.74, 6) is -1.03. The van der Waals surface area contributed by atoms with Crippen LogP contribution >= 0.6 is 0 Å². The van der Waals surface area contributed by atoms with Gasteiger partial charge in [0.2, 0.25) is 5.95 Å². The zero-order valence-electron chi connectivity index (χ0n) is 5.80. The first-order valence-electron chi connectivity index (χ1n) is 3.04. The maximum atomic E-state index is 12.4. The molecule has 0 aromatic carbocycles. The lowest BCUT2D eigenvalue weighted by molar-refractivity contribution is 0.111. The number of hydrogen-bond acceptors (Lipinski definition) is 2. The maximum Gasteiger partial charge on any atom is 0.265 e. The van der Waals surface area contributed by atoms with Crippen molar-refractivity contribution >= 4 is 6.29 Å². The summed E-state index contributed by atoms with van der Waals surface area (Å²) in [6, 6.07) is 0.778. The summed E-state index contributed by atoms with van der Waals surface area (Å²) in [6.07, 6.45) is -1.89. The highest BCUT2D eigenvalue weighted by atomic mass is 19.3. The zero-order chi connectivity index (χ0) is 9.14. The normalized spacial score (nSPS) is 10.3. The van der Waals surface area contributed by atoms with E-state index in [-0.39, 0.29) is 6.29 Å². The first-order chi connectivity index (χ1) is 5.65. The molecule has 0 aliphatic carbocycles. The van der Waals surface area contributed by atoms with Crippen molar-refractivity contribution in [2.24, 2.45) is 0 Å². The summed E-state index contributed by atoms with van der Waals surface area (Å²) in [5, 5.41) is 0. The minimum atomic E-state index is -2.74. The van der Waals surface area contributed by atoms with Crippen molar-refractivity contribution in [1.82, 2.24) is 4.98 Å². The Labute approximate surface area is 66.0 Å². The van der Waals surface area contributed by atoms with Crippen molar-refractivity contribution in [3.8, 4) is 0 Å². The Morgan fingerprint density at radius 1 is 1.50 bits per heavy atom. The van der Waals surface area contributed by atoms with E-state index in [1.807, 2.05) is 0 Å². The molecule has 0 spiro atoms. The van der Waals surface area contributed by atoms with Gasteiger partial charge in [0.05, 0.1) is 5.56 Å². The fraction of sp³-hybridized carbons (Fsp3) is 0.143. The number of carbonyl (C=O) groups is 1. The molecule has 0 saturated carbocycles. The Balaban J connectivity index is 3.13. The molecule has 12 heavy (non-hydrogen) atoms. The van der Waals surface area contributed by atoms with Crippen molar-refractivity contribution in [2.45, 2.75) is 6.43 Å². The van der Waals surface area contributed by atoms with Crippen LogP contribution < -0.4 is 0 Å². The summed E-state index contributed by atoms with van der Waals surface area (Å²) in [7, 11) is 0. The minimum Gasteiger partial charge on any atom is -0.298 e. The highest BCUT2D eigenvalue weighted by Gasteiger charge is 2.10. The molecule has 0 N–H and O–H groups in total. The average molecular weight is 175 g/mol.